The van der Waals surface area contributed by atoms with Gasteiger partial charge in [-0.3, -0.25) is 4.79 Å². The number of benzene rings is 1. The number of amides is 1. The number of nitrogens with one attached hydrogen (secondary N) is 1. The highest BCUT2D eigenvalue weighted by Crippen LogP contribution is 2.28. The smallest absolute Gasteiger partial charge is 0.222 e. The molecule has 1 heterocycles. The second kappa shape index (κ2) is 15.5. The van der Waals surface area contributed by atoms with Gasteiger partial charge in [0.2, 0.25) is 5.91 Å². The predicted molar refractivity (Wildman–Crippen MR) is 127 cm³/mol. The Bertz CT molecular complexity index is 549. The summed E-state index contributed by atoms with van der Waals surface area (Å²) in [5.41, 5.74) is 1.08. The lowest BCUT2D eigenvalue weighted by molar-refractivity contribution is -0.136. The van der Waals surface area contributed by atoms with Crippen molar-refractivity contribution in [3.63, 3.8) is 0 Å². The summed E-state index contributed by atoms with van der Waals surface area (Å²) in [6.07, 6.45) is 21.0. The fourth-order valence-electron chi connectivity index (χ4n) is 4.49. The molecule has 1 atom stereocenters. The molecule has 1 saturated heterocycles. The van der Waals surface area contributed by atoms with Crippen molar-refractivity contribution in [2.75, 3.05) is 6.61 Å². The minimum Gasteiger partial charge on any atom is -0.374 e. The predicted octanol–water partition coefficient (Wildman–Crippen LogP) is 7.33. The molecule has 1 aliphatic rings. The molecule has 2 rings (SSSR count). The number of β-lactam (4-membered cyclic amide) rings is 1. The van der Waals surface area contributed by atoms with Crippen LogP contribution in [-0.4, -0.2) is 18.1 Å². The Morgan fingerprint density at radius 1 is 0.800 bits per heavy atom. The monoisotopic (exact) mass is 415 g/mol. The summed E-state index contributed by atoms with van der Waals surface area (Å²) in [5.74, 6) is 0.170. The van der Waals surface area contributed by atoms with Crippen molar-refractivity contribution in [1.82, 2.24) is 5.32 Å². The van der Waals surface area contributed by atoms with Crippen LogP contribution in [0.2, 0.25) is 0 Å². The van der Waals surface area contributed by atoms with E-state index in [0.29, 0.717) is 19.6 Å². The molecule has 1 fully saturated rings. The van der Waals surface area contributed by atoms with Crippen molar-refractivity contribution in [2.45, 2.75) is 122 Å². The van der Waals surface area contributed by atoms with E-state index in [1.54, 1.807) is 0 Å². The number of hydrogen-bond donors (Lipinski definition) is 1. The molecule has 0 aliphatic carbocycles. The second-order valence-corrected chi connectivity index (χ2v) is 9.33. The molecule has 1 aromatic rings. The van der Waals surface area contributed by atoms with Crippen LogP contribution in [0.4, 0.5) is 0 Å². The number of ether oxygens (including phenoxy) is 1. The quantitative estimate of drug-likeness (QED) is 0.190. The molecular weight excluding hydrogens is 370 g/mol. The second-order valence-electron chi connectivity index (χ2n) is 9.33. The van der Waals surface area contributed by atoms with Gasteiger partial charge in [0.1, 0.15) is 0 Å². The van der Waals surface area contributed by atoms with Crippen LogP contribution in [0.3, 0.4) is 0 Å². The Balaban J connectivity index is 1.42. The Morgan fingerprint density at radius 2 is 1.30 bits per heavy atom. The van der Waals surface area contributed by atoms with Crippen LogP contribution in [-0.2, 0) is 16.1 Å². The number of hydrogen-bond acceptors (Lipinski definition) is 2. The van der Waals surface area contributed by atoms with Gasteiger partial charge in [-0.05, 0) is 12.0 Å². The molecular formula is C27H45NO2. The van der Waals surface area contributed by atoms with Crippen molar-refractivity contribution >= 4 is 5.91 Å². The molecule has 170 valence electrons. The first-order valence-electron chi connectivity index (χ1n) is 12.7. The lowest BCUT2D eigenvalue weighted by atomic mass is 9.82. The van der Waals surface area contributed by atoms with E-state index in [4.69, 9.17) is 4.74 Å². The van der Waals surface area contributed by atoms with E-state index in [0.717, 1.165) is 6.42 Å². The van der Waals surface area contributed by atoms with Gasteiger partial charge in [-0.25, -0.2) is 0 Å². The first-order chi connectivity index (χ1) is 14.7. The van der Waals surface area contributed by atoms with Gasteiger partial charge in [-0.15, -0.1) is 0 Å². The highest BCUT2D eigenvalue weighted by atomic mass is 16.5. The highest BCUT2D eigenvalue weighted by Gasteiger charge is 2.42. The molecule has 1 aromatic carbocycles. The average molecular weight is 416 g/mol. The summed E-state index contributed by atoms with van der Waals surface area (Å²) in [6.45, 7) is 3.54. The zero-order valence-corrected chi connectivity index (χ0v) is 19.4. The van der Waals surface area contributed by atoms with Crippen LogP contribution >= 0.6 is 0 Å². The Hall–Kier alpha value is -1.35. The molecule has 1 aliphatic heterocycles. The minimum atomic E-state index is -0.108. The van der Waals surface area contributed by atoms with Gasteiger partial charge >= 0.3 is 0 Å². The molecule has 0 aromatic heterocycles. The van der Waals surface area contributed by atoms with Crippen molar-refractivity contribution in [3.8, 4) is 0 Å². The van der Waals surface area contributed by atoms with Crippen LogP contribution in [0, 0.1) is 0 Å². The molecule has 3 heteroatoms. The van der Waals surface area contributed by atoms with Crippen molar-refractivity contribution in [1.29, 1.82) is 0 Å². The Labute approximate surface area is 185 Å². The standard InChI is InChI=1S/C27H45NO2/c1-2-3-4-5-6-7-8-9-10-11-12-13-14-18-21-27(22-26(29)28-27)24-30-23-25-19-16-15-17-20-25/h15-17,19-20H,2-14,18,21-24H2,1H3,(H,28,29). The van der Waals surface area contributed by atoms with Crippen molar-refractivity contribution in [3.05, 3.63) is 35.9 Å². The lowest BCUT2D eigenvalue weighted by Gasteiger charge is -2.42. The Kier molecular flexibility index (Phi) is 12.8. The third-order valence-electron chi connectivity index (χ3n) is 6.40. The number of rotatable bonds is 19. The van der Waals surface area contributed by atoms with Gasteiger partial charge in [-0.2, -0.15) is 0 Å². The summed E-state index contributed by atoms with van der Waals surface area (Å²) in [5, 5.41) is 3.13. The van der Waals surface area contributed by atoms with E-state index < -0.39 is 0 Å². The van der Waals surface area contributed by atoms with Crippen LogP contribution in [0.5, 0.6) is 0 Å². The largest absolute Gasteiger partial charge is 0.374 e. The molecule has 0 radical (unpaired) electrons. The number of carbonyl (C=O) groups is 1. The summed E-state index contributed by atoms with van der Waals surface area (Å²) < 4.78 is 5.93. The summed E-state index contributed by atoms with van der Waals surface area (Å²) in [6, 6.07) is 10.3. The summed E-state index contributed by atoms with van der Waals surface area (Å²) in [4.78, 5) is 11.5. The van der Waals surface area contributed by atoms with E-state index in [1.165, 1.54) is 95.5 Å². The highest BCUT2D eigenvalue weighted by molar-refractivity contribution is 5.84. The summed E-state index contributed by atoms with van der Waals surface area (Å²) in [7, 11) is 0. The van der Waals surface area contributed by atoms with Crippen molar-refractivity contribution < 1.29 is 9.53 Å². The van der Waals surface area contributed by atoms with Gasteiger partial charge in [0.25, 0.3) is 0 Å². The third-order valence-corrected chi connectivity index (χ3v) is 6.40. The van der Waals surface area contributed by atoms with Gasteiger partial charge in [0.05, 0.1) is 25.2 Å². The lowest BCUT2D eigenvalue weighted by Crippen LogP contribution is -2.63. The molecule has 0 bridgehead atoms. The maximum Gasteiger partial charge on any atom is 0.222 e. The zero-order valence-electron chi connectivity index (χ0n) is 19.4. The average Bonchev–Trinajstić information content (AvgIpc) is 2.73. The molecule has 0 spiro atoms. The zero-order chi connectivity index (χ0) is 21.3. The Morgan fingerprint density at radius 3 is 1.80 bits per heavy atom. The van der Waals surface area contributed by atoms with E-state index in [9.17, 15) is 4.79 Å². The molecule has 3 nitrogen and oxygen atoms in total. The first-order valence-corrected chi connectivity index (χ1v) is 12.7. The third kappa shape index (κ3) is 10.6. The van der Waals surface area contributed by atoms with Crippen LogP contribution in [0.25, 0.3) is 0 Å². The molecule has 0 saturated carbocycles. The first kappa shape index (κ1) is 24.9. The van der Waals surface area contributed by atoms with Crippen LogP contribution in [0.1, 0.15) is 115 Å². The maximum atomic E-state index is 11.5. The summed E-state index contributed by atoms with van der Waals surface area (Å²) >= 11 is 0. The SMILES string of the molecule is CCCCCCCCCCCCCCCCC1(COCc2ccccc2)CC(=O)N1. The minimum absolute atomic E-state index is 0.108. The van der Waals surface area contributed by atoms with E-state index in [-0.39, 0.29) is 11.4 Å². The van der Waals surface area contributed by atoms with Gasteiger partial charge < -0.3 is 10.1 Å². The van der Waals surface area contributed by atoms with Gasteiger partial charge in [-0.1, -0.05) is 127 Å². The fourth-order valence-corrected chi connectivity index (χ4v) is 4.49. The van der Waals surface area contributed by atoms with Crippen LogP contribution < -0.4 is 5.32 Å². The molecule has 1 N–H and O–H groups in total. The number of carbonyl (C=O) groups excluding carboxylic acids is 1. The number of unbranched alkanes of at least 4 members (excludes halogenated alkanes) is 13. The van der Waals surface area contributed by atoms with Gasteiger partial charge in [0.15, 0.2) is 0 Å². The van der Waals surface area contributed by atoms with E-state index >= 15 is 0 Å². The molecule has 1 unspecified atom stereocenters. The molecule has 30 heavy (non-hydrogen) atoms. The maximum absolute atomic E-state index is 11.5. The van der Waals surface area contributed by atoms with E-state index in [1.807, 2.05) is 18.2 Å². The normalized spacial score (nSPS) is 18.2. The van der Waals surface area contributed by atoms with Crippen LogP contribution in [0.15, 0.2) is 30.3 Å². The van der Waals surface area contributed by atoms with E-state index in [2.05, 4.69) is 24.4 Å². The fraction of sp³-hybridized carbons (Fsp3) is 0.741. The van der Waals surface area contributed by atoms with Crippen molar-refractivity contribution in [2.24, 2.45) is 0 Å². The van der Waals surface area contributed by atoms with Gasteiger partial charge in [0, 0.05) is 0 Å². The molecule has 1 amide bonds. The topological polar surface area (TPSA) is 38.3 Å².